The van der Waals surface area contributed by atoms with Crippen LogP contribution in [0.2, 0.25) is 0 Å². The molecule has 13 heteroatoms. The SMILES string of the molecule is CCOc1ccc(C(=O)NCC2c3sc(NC(=O)C(=O)O)c(C(=O)O)c3CCN2Cc2ccc(OC)cc2)c(O)c1. The molecular formula is C28H29N3O9S. The highest BCUT2D eigenvalue weighted by Crippen LogP contribution is 2.43. The number of phenols is 1. The van der Waals surface area contributed by atoms with Gasteiger partial charge in [0.25, 0.3) is 5.91 Å². The highest BCUT2D eigenvalue weighted by Gasteiger charge is 2.36. The minimum absolute atomic E-state index is 0.0398. The fourth-order valence-electron chi connectivity index (χ4n) is 4.67. The number of rotatable bonds is 10. The number of fused-ring (bicyclic) bond motifs is 1. The van der Waals surface area contributed by atoms with E-state index < -0.39 is 29.8 Å². The first-order valence-electron chi connectivity index (χ1n) is 12.7. The van der Waals surface area contributed by atoms with Crippen LogP contribution >= 0.6 is 11.3 Å². The van der Waals surface area contributed by atoms with E-state index in [9.17, 15) is 29.4 Å². The van der Waals surface area contributed by atoms with Gasteiger partial charge in [-0.05, 0) is 48.7 Å². The van der Waals surface area contributed by atoms with Crippen LogP contribution in [0.1, 0.15) is 49.7 Å². The van der Waals surface area contributed by atoms with Gasteiger partial charge < -0.3 is 35.4 Å². The number of nitrogens with one attached hydrogen (secondary N) is 2. The van der Waals surface area contributed by atoms with Crippen LogP contribution in [0.4, 0.5) is 5.00 Å². The van der Waals surface area contributed by atoms with Crippen molar-refractivity contribution in [2.24, 2.45) is 0 Å². The van der Waals surface area contributed by atoms with Gasteiger partial charge >= 0.3 is 17.8 Å². The molecule has 0 spiro atoms. The molecule has 1 aliphatic heterocycles. The van der Waals surface area contributed by atoms with E-state index in [-0.39, 0.29) is 28.4 Å². The molecule has 2 heterocycles. The number of thiophene rings is 1. The largest absolute Gasteiger partial charge is 0.507 e. The summed E-state index contributed by atoms with van der Waals surface area (Å²) in [5, 5.41) is 34.3. The van der Waals surface area contributed by atoms with E-state index in [1.807, 2.05) is 24.3 Å². The van der Waals surface area contributed by atoms with Crippen LogP contribution < -0.4 is 20.1 Å². The summed E-state index contributed by atoms with van der Waals surface area (Å²) < 4.78 is 10.6. The lowest BCUT2D eigenvalue weighted by Crippen LogP contribution is -2.41. The topological polar surface area (TPSA) is 175 Å². The number of carboxylic acids is 2. The van der Waals surface area contributed by atoms with Crippen molar-refractivity contribution < 1.29 is 44.0 Å². The average Bonchev–Trinajstić information content (AvgIpc) is 3.31. The molecule has 216 valence electrons. The zero-order chi connectivity index (χ0) is 29.7. The second-order valence-corrected chi connectivity index (χ2v) is 10.2. The molecule has 41 heavy (non-hydrogen) atoms. The van der Waals surface area contributed by atoms with Gasteiger partial charge in [0.05, 0.1) is 30.9 Å². The van der Waals surface area contributed by atoms with Gasteiger partial charge in [0.2, 0.25) is 0 Å². The lowest BCUT2D eigenvalue weighted by Gasteiger charge is -2.36. The van der Waals surface area contributed by atoms with Gasteiger partial charge in [-0.1, -0.05) is 12.1 Å². The van der Waals surface area contributed by atoms with Crippen molar-refractivity contribution in [3.8, 4) is 17.2 Å². The minimum atomic E-state index is -1.74. The first kappa shape index (κ1) is 29.4. The fraction of sp³-hybridized carbons (Fsp3) is 0.286. The molecule has 0 aliphatic carbocycles. The summed E-state index contributed by atoms with van der Waals surface area (Å²) in [7, 11) is 1.57. The predicted octanol–water partition coefficient (Wildman–Crippen LogP) is 3.11. The summed E-state index contributed by atoms with van der Waals surface area (Å²) in [5.41, 5.74) is 1.30. The average molecular weight is 584 g/mol. The van der Waals surface area contributed by atoms with Crippen LogP contribution in [-0.2, 0) is 22.6 Å². The Morgan fingerprint density at radius 2 is 1.78 bits per heavy atom. The Labute approximate surface area is 239 Å². The molecule has 1 atom stereocenters. The standard InChI is InChI=1S/C28H29N3O9S/c1-3-40-17-8-9-18(21(32)12-17)24(33)29-13-20-23-19(22(27(35)36)26(41-23)30-25(34)28(37)38)10-11-31(20)14-15-4-6-16(39-2)7-5-15/h4-9,12,20,32H,3,10-11,13-14H2,1-2H3,(H,29,33)(H,30,34)(H,35,36)(H,37,38). The summed E-state index contributed by atoms with van der Waals surface area (Å²) >= 11 is 0.968. The third kappa shape index (κ3) is 6.58. The van der Waals surface area contributed by atoms with Gasteiger partial charge in [0, 0.05) is 30.6 Å². The van der Waals surface area contributed by atoms with Crippen molar-refractivity contribution in [3.05, 3.63) is 69.6 Å². The number of phenolic OH excluding ortho intramolecular Hbond substituents is 1. The van der Waals surface area contributed by atoms with E-state index in [0.717, 1.165) is 16.9 Å². The van der Waals surface area contributed by atoms with Gasteiger partial charge in [-0.15, -0.1) is 11.3 Å². The zero-order valence-corrected chi connectivity index (χ0v) is 23.1. The van der Waals surface area contributed by atoms with E-state index >= 15 is 0 Å². The molecule has 2 amide bonds. The van der Waals surface area contributed by atoms with Crippen molar-refractivity contribution in [3.63, 3.8) is 0 Å². The molecule has 0 saturated carbocycles. The number of aromatic carboxylic acids is 1. The monoisotopic (exact) mass is 583 g/mol. The Kier molecular flexibility index (Phi) is 9.10. The number of carbonyl (C=O) groups is 4. The summed E-state index contributed by atoms with van der Waals surface area (Å²) in [6, 6.07) is 11.3. The van der Waals surface area contributed by atoms with Gasteiger partial charge in [0.15, 0.2) is 0 Å². The number of hydrogen-bond donors (Lipinski definition) is 5. The Morgan fingerprint density at radius 3 is 2.39 bits per heavy atom. The summed E-state index contributed by atoms with van der Waals surface area (Å²) in [4.78, 5) is 50.9. The van der Waals surface area contributed by atoms with Gasteiger partial charge in [-0.2, -0.15) is 0 Å². The Bertz CT molecular complexity index is 1470. The minimum Gasteiger partial charge on any atom is -0.507 e. The van der Waals surface area contributed by atoms with Crippen molar-refractivity contribution >= 4 is 40.1 Å². The molecule has 5 N–H and O–H groups in total. The Balaban J connectivity index is 1.66. The number of methoxy groups -OCH3 is 1. The molecule has 1 aromatic heterocycles. The summed E-state index contributed by atoms with van der Waals surface area (Å²) in [6.45, 7) is 3.12. The fourth-order valence-corrected chi connectivity index (χ4v) is 6.04. The third-order valence-electron chi connectivity index (χ3n) is 6.59. The smallest absolute Gasteiger partial charge is 0.394 e. The van der Waals surface area contributed by atoms with Crippen LogP contribution in [0.25, 0.3) is 0 Å². The number of ether oxygens (including phenoxy) is 2. The summed E-state index contributed by atoms with van der Waals surface area (Å²) in [5.74, 6) is -4.08. The number of carboxylic acid groups (broad SMARTS) is 2. The van der Waals surface area contributed by atoms with E-state index in [2.05, 4.69) is 15.5 Å². The number of aliphatic carboxylic acids is 1. The van der Waals surface area contributed by atoms with Crippen LogP contribution in [-0.4, -0.2) is 70.8 Å². The number of amides is 2. The van der Waals surface area contributed by atoms with Crippen molar-refractivity contribution in [2.45, 2.75) is 25.9 Å². The maximum Gasteiger partial charge on any atom is 0.394 e. The first-order valence-corrected chi connectivity index (χ1v) is 13.5. The number of aromatic hydroxyl groups is 1. The highest BCUT2D eigenvalue weighted by atomic mass is 32.1. The van der Waals surface area contributed by atoms with E-state index in [0.29, 0.717) is 48.1 Å². The Hall–Kier alpha value is -4.62. The number of carbonyl (C=O) groups excluding carboxylic acids is 2. The molecule has 0 bridgehead atoms. The highest BCUT2D eigenvalue weighted by molar-refractivity contribution is 7.17. The first-order chi connectivity index (χ1) is 19.6. The molecule has 2 aromatic carbocycles. The van der Waals surface area contributed by atoms with Crippen molar-refractivity contribution in [1.82, 2.24) is 10.2 Å². The number of anilines is 1. The molecule has 1 aliphatic rings. The number of nitrogens with zero attached hydrogens (tertiary/aromatic N) is 1. The van der Waals surface area contributed by atoms with Crippen LogP contribution in [0.5, 0.6) is 17.2 Å². The molecule has 0 fully saturated rings. The Morgan fingerprint density at radius 1 is 1.07 bits per heavy atom. The van der Waals surface area contributed by atoms with Crippen molar-refractivity contribution in [2.75, 3.05) is 32.1 Å². The second kappa shape index (κ2) is 12.7. The van der Waals surface area contributed by atoms with Crippen LogP contribution in [0.15, 0.2) is 42.5 Å². The van der Waals surface area contributed by atoms with Gasteiger partial charge in [-0.3, -0.25) is 14.5 Å². The van der Waals surface area contributed by atoms with E-state index in [1.165, 1.54) is 12.1 Å². The van der Waals surface area contributed by atoms with E-state index in [1.54, 1.807) is 20.1 Å². The summed E-state index contributed by atoms with van der Waals surface area (Å²) in [6.07, 6.45) is 0.330. The molecular weight excluding hydrogens is 554 g/mol. The molecule has 12 nitrogen and oxygen atoms in total. The normalized spacial score (nSPS) is 14.5. The number of benzene rings is 2. The second-order valence-electron chi connectivity index (χ2n) is 9.12. The predicted molar refractivity (Wildman–Crippen MR) is 149 cm³/mol. The van der Waals surface area contributed by atoms with Crippen LogP contribution in [0.3, 0.4) is 0 Å². The molecule has 1 unspecified atom stereocenters. The maximum absolute atomic E-state index is 13.1. The molecule has 3 aromatic rings. The zero-order valence-electron chi connectivity index (χ0n) is 22.3. The lowest BCUT2D eigenvalue weighted by molar-refractivity contribution is -0.147. The van der Waals surface area contributed by atoms with Crippen molar-refractivity contribution in [1.29, 1.82) is 0 Å². The molecule has 4 rings (SSSR count). The van der Waals surface area contributed by atoms with E-state index in [4.69, 9.17) is 14.6 Å². The lowest BCUT2D eigenvalue weighted by atomic mass is 9.96. The third-order valence-corrected chi connectivity index (χ3v) is 7.84. The van der Waals surface area contributed by atoms with Gasteiger partial charge in [0.1, 0.15) is 22.2 Å². The maximum atomic E-state index is 13.1. The quantitative estimate of drug-likeness (QED) is 0.223. The van der Waals surface area contributed by atoms with Gasteiger partial charge in [-0.25, -0.2) is 9.59 Å². The van der Waals surface area contributed by atoms with Crippen LogP contribution in [0, 0.1) is 0 Å². The molecule has 0 saturated heterocycles. The number of hydrogen-bond acceptors (Lipinski definition) is 9. The molecule has 0 radical (unpaired) electrons.